The summed E-state index contributed by atoms with van der Waals surface area (Å²) in [6, 6.07) is 7.84. The van der Waals surface area contributed by atoms with E-state index in [1.165, 1.54) is 0 Å². The van der Waals surface area contributed by atoms with Gasteiger partial charge in [0.05, 0.1) is 0 Å². The second-order valence-electron chi connectivity index (χ2n) is 3.04. The van der Waals surface area contributed by atoms with Crippen LogP contribution in [0.2, 0.25) is 0 Å². The molecule has 0 saturated carbocycles. The van der Waals surface area contributed by atoms with E-state index in [0.717, 1.165) is 11.1 Å². The van der Waals surface area contributed by atoms with Crippen LogP contribution in [0.4, 0.5) is 0 Å². The summed E-state index contributed by atoms with van der Waals surface area (Å²) in [5.74, 6) is 0. The molecule has 0 aromatic heterocycles. The average Bonchev–Trinajstić information content (AvgIpc) is 2.15. The Hall–Kier alpha value is -0.900. The van der Waals surface area contributed by atoms with Gasteiger partial charge in [0.1, 0.15) is 0 Å². The highest BCUT2D eigenvalue weighted by atomic mass is 16.5. The molecule has 3 nitrogen and oxygen atoms in total. The van der Waals surface area contributed by atoms with E-state index in [4.69, 9.17) is 15.9 Å². The normalized spacial score (nSPS) is 10.8. The highest BCUT2D eigenvalue weighted by Crippen LogP contribution is 2.07. The van der Waals surface area contributed by atoms with Crippen LogP contribution < -0.4 is 5.73 Å². The SMILES string of the molecule is NCc1cccc(CCC(O)O)c1. The predicted octanol–water partition coefficient (Wildman–Crippen LogP) is 0.389. The second kappa shape index (κ2) is 4.97. The lowest BCUT2D eigenvalue weighted by Crippen LogP contribution is -2.05. The second-order valence-corrected chi connectivity index (χ2v) is 3.04. The van der Waals surface area contributed by atoms with Crippen LogP contribution in [0.15, 0.2) is 24.3 Å². The molecule has 0 unspecified atom stereocenters. The molecule has 3 heteroatoms. The van der Waals surface area contributed by atoms with Crippen LogP contribution in [0.1, 0.15) is 17.5 Å². The van der Waals surface area contributed by atoms with Gasteiger partial charge in [-0.1, -0.05) is 24.3 Å². The first-order chi connectivity index (χ1) is 6.22. The molecule has 4 N–H and O–H groups in total. The molecule has 0 radical (unpaired) electrons. The van der Waals surface area contributed by atoms with Crippen LogP contribution in [0.5, 0.6) is 0 Å². The minimum atomic E-state index is -1.22. The fourth-order valence-corrected chi connectivity index (χ4v) is 1.21. The molecule has 0 aliphatic carbocycles. The maximum absolute atomic E-state index is 8.67. The minimum absolute atomic E-state index is 0.369. The number of aliphatic hydroxyl groups excluding tert-OH is 1. The topological polar surface area (TPSA) is 66.5 Å². The van der Waals surface area contributed by atoms with Crippen LogP contribution in [0.3, 0.4) is 0 Å². The van der Waals surface area contributed by atoms with E-state index in [-0.39, 0.29) is 0 Å². The number of rotatable bonds is 4. The summed E-state index contributed by atoms with van der Waals surface area (Å²) in [6.45, 7) is 0.523. The molecule has 0 fully saturated rings. The lowest BCUT2D eigenvalue weighted by atomic mass is 10.1. The Balaban J connectivity index is 2.56. The van der Waals surface area contributed by atoms with Crippen molar-refractivity contribution < 1.29 is 10.2 Å². The van der Waals surface area contributed by atoms with Crippen LogP contribution in [-0.2, 0) is 13.0 Å². The zero-order valence-electron chi connectivity index (χ0n) is 7.48. The van der Waals surface area contributed by atoms with E-state index in [1.54, 1.807) is 0 Å². The molecular weight excluding hydrogens is 166 g/mol. The number of aryl methyl sites for hydroxylation is 1. The van der Waals surface area contributed by atoms with Crippen molar-refractivity contribution in [1.29, 1.82) is 0 Å². The molecule has 72 valence electrons. The van der Waals surface area contributed by atoms with Crippen LogP contribution in [0, 0.1) is 0 Å². The number of hydrogen-bond donors (Lipinski definition) is 3. The Morgan fingerprint density at radius 3 is 2.54 bits per heavy atom. The van der Waals surface area contributed by atoms with Crippen molar-refractivity contribution in [1.82, 2.24) is 0 Å². The molecule has 0 aliphatic rings. The van der Waals surface area contributed by atoms with Gasteiger partial charge in [0.25, 0.3) is 0 Å². The van der Waals surface area contributed by atoms with Crippen molar-refractivity contribution in [2.75, 3.05) is 0 Å². The highest BCUT2D eigenvalue weighted by Gasteiger charge is 1.99. The molecule has 0 amide bonds. The summed E-state index contributed by atoms with van der Waals surface area (Å²) in [7, 11) is 0. The standard InChI is InChI=1S/C10H15NO2/c11-7-9-3-1-2-8(6-9)4-5-10(12)13/h1-3,6,10,12-13H,4-5,7,11H2. The van der Waals surface area contributed by atoms with Crippen molar-refractivity contribution in [3.8, 4) is 0 Å². The Morgan fingerprint density at radius 2 is 1.92 bits per heavy atom. The maximum atomic E-state index is 8.67. The minimum Gasteiger partial charge on any atom is -0.368 e. The van der Waals surface area contributed by atoms with E-state index in [0.29, 0.717) is 19.4 Å². The van der Waals surface area contributed by atoms with Crippen molar-refractivity contribution in [2.45, 2.75) is 25.7 Å². The van der Waals surface area contributed by atoms with Crippen molar-refractivity contribution in [3.05, 3.63) is 35.4 Å². The van der Waals surface area contributed by atoms with Crippen molar-refractivity contribution in [2.24, 2.45) is 5.73 Å². The summed E-state index contributed by atoms with van der Waals surface area (Å²) >= 11 is 0. The lowest BCUT2D eigenvalue weighted by molar-refractivity contribution is -0.0447. The third-order valence-electron chi connectivity index (χ3n) is 1.92. The molecule has 1 rings (SSSR count). The van der Waals surface area contributed by atoms with Gasteiger partial charge in [-0.05, 0) is 17.5 Å². The molecule has 0 saturated heterocycles. The monoisotopic (exact) mass is 181 g/mol. The summed E-state index contributed by atoms with van der Waals surface area (Å²) in [5, 5.41) is 17.3. The molecule has 13 heavy (non-hydrogen) atoms. The van der Waals surface area contributed by atoms with Gasteiger partial charge in [0, 0.05) is 13.0 Å². The average molecular weight is 181 g/mol. The van der Waals surface area contributed by atoms with Crippen LogP contribution in [0.25, 0.3) is 0 Å². The Labute approximate surface area is 77.8 Å². The van der Waals surface area contributed by atoms with Crippen molar-refractivity contribution in [3.63, 3.8) is 0 Å². The third-order valence-corrected chi connectivity index (χ3v) is 1.92. The first kappa shape index (κ1) is 10.2. The van der Waals surface area contributed by atoms with Crippen LogP contribution in [-0.4, -0.2) is 16.5 Å². The first-order valence-electron chi connectivity index (χ1n) is 4.36. The summed E-state index contributed by atoms with van der Waals surface area (Å²) in [4.78, 5) is 0. The Kier molecular flexibility index (Phi) is 3.89. The predicted molar refractivity (Wildman–Crippen MR) is 50.9 cm³/mol. The number of hydrogen-bond acceptors (Lipinski definition) is 3. The van der Waals surface area contributed by atoms with Gasteiger partial charge in [-0.15, -0.1) is 0 Å². The smallest absolute Gasteiger partial charge is 0.151 e. The molecule has 0 aliphatic heterocycles. The molecule has 1 aromatic carbocycles. The van der Waals surface area contributed by atoms with Gasteiger partial charge in [-0.3, -0.25) is 0 Å². The van der Waals surface area contributed by atoms with Crippen LogP contribution >= 0.6 is 0 Å². The van der Waals surface area contributed by atoms with Gasteiger partial charge < -0.3 is 15.9 Å². The van der Waals surface area contributed by atoms with E-state index in [1.807, 2.05) is 24.3 Å². The fraction of sp³-hybridized carbons (Fsp3) is 0.400. The van der Waals surface area contributed by atoms with Gasteiger partial charge in [-0.2, -0.15) is 0 Å². The molecule has 0 spiro atoms. The van der Waals surface area contributed by atoms with E-state index >= 15 is 0 Å². The summed E-state index contributed by atoms with van der Waals surface area (Å²) in [6.07, 6.45) is -0.180. The quantitative estimate of drug-likeness (QED) is 0.589. The number of aliphatic hydroxyl groups is 2. The first-order valence-corrected chi connectivity index (χ1v) is 4.36. The van der Waals surface area contributed by atoms with E-state index < -0.39 is 6.29 Å². The van der Waals surface area contributed by atoms with Crippen molar-refractivity contribution >= 4 is 0 Å². The maximum Gasteiger partial charge on any atom is 0.151 e. The third kappa shape index (κ3) is 3.55. The number of benzene rings is 1. The van der Waals surface area contributed by atoms with Gasteiger partial charge in [0.2, 0.25) is 0 Å². The Bertz CT molecular complexity index is 261. The van der Waals surface area contributed by atoms with E-state index in [9.17, 15) is 0 Å². The fourth-order valence-electron chi connectivity index (χ4n) is 1.21. The zero-order valence-corrected chi connectivity index (χ0v) is 7.48. The lowest BCUT2D eigenvalue weighted by Gasteiger charge is -2.04. The highest BCUT2D eigenvalue weighted by molar-refractivity contribution is 5.23. The van der Waals surface area contributed by atoms with Gasteiger partial charge in [0.15, 0.2) is 6.29 Å². The van der Waals surface area contributed by atoms with E-state index in [2.05, 4.69) is 0 Å². The number of nitrogens with two attached hydrogens (primary N) is 1. The Morgan fingerprint density at radius 1 is 1.23 bits per heavy atom. The molecule has 0 atom stereocenters. The zero-order chi connectivity index (χ0) is 9.68. The molecule has 0 heterocycles. The van der Waals surface area contributed by atoms with Gasteiger partial charge >= 0.3 is 0 Å². The largest absolute Gasteiger partial charge is 0.368 e. The summed E-state index contributed by atoms with van der Waals surface area (Å²) < 4.78 is 0. The molecular formula is C10H15NO2. The van der Waals surface area contributed by atoms with Gasteiger partial charge in [-0.25, -0.2) is 0 Å². The molecule has 1 aromatic rings. The summed E-state index contributed by atoms with van der Waals surface area (Å²) in [5.41, 5.74) is 7.64. The molecule has 0 bridgehead atoms.